The predicted molar refractivity (Wildman–Crippen MR) is 133 cm³/mol. The standard InChI is InChI=1S/C13H14.C9H12.3C2H6/c1-5-11(4)13-9-7-6-8-12(13)10(2)3;1-7-4-5-8(2)9(3)6-7;3*1-2/h1,6-9,11H,2H2,3-4H3;4-6H,1-3H3;3*1-2H3. The molecule has 0 radical (unpaired) electrons. The highest BCUT2D eigenvalue weighted by molar-refractivity contribution is 5.65. The molecule has 0 amide bonds. The number of rotatable bonds is 2. The highest BCUT2D eigenvalue weighted by atomic mass is 14.1. The summed E-state index contributed by atoms with van der Waals surface area (Å²) in [4.78, 5) is 0. The van der Waals surface area contributed by atoms with Gasteiger partial charge in [0.2, 0.25) is 0 Å². The maximum absolute atomic E-state index is 5.39. The molecule has 0 heterocycles. The molecular formula is C28H44. The van der Waals surface area contributed by atoms with Gasteiger partial charge in [-0.3, -0.25) is 0 Å². The largest absolute Gasteiger partial charge is 0.119 e. The second-order valence-corrected chi connectivity index (χ2v) is 5.84. The van der Waals surface area contributed by atoms with Gasteiger partial charge >= 0.3 is 0 Å². The summed E-state index contributed by atoms with van der Waals surface area (Å²) in [6.45, 7) is 26.4. The Hall–Kier alpha value is -2.26. The van der Waals surface area contributed by atoms with E-state index in [1.165, 1.54) is 27.8 Å². The lowest BCUT2D eigenvalue weighted by molar-refractivity contribution is 0.999. The molecule has 2 aromatic carbocycles. The lowest BCUT2D eigenvalue weighted by Gasteiger charge is -2.11. The average Bonchev–Trinajstić information content (AvgIpc) is 2.75. The van der Waals surface area contributed by atoms with Crippen molar-refractivity contribution in [3.8, 4) is 12.3 Å². The number of aryl methyl sites for hydroxylation is 3. The van der Waals surface area contributed by atoms with E-state index < -0.39 is 0 Å². The zero-order chi connectivity index (χ0) is 22.7. The van der Waals surface area contributed by atoms with Crippen molar-refractivity contribution in [2.24, 2.45) is 0 Å². The Morgan fingerprint density at radius 2 is 1.36 bits per heavy atom. The number of terminal acetylenes is 1. The fraction of sp³-hybridized carbons (Fsp3) is 0.429. The molecule has 0 spiro atoms. The third-order valence-electron chi connectivity index (χ3n) is 3.80. The van der Waals surface area contributed by atoms with E-state index in [9.17, 15) is 0 Å². The van der Waals surface area contributed by atoms with Crippen LogP contribution in [0.15, 0.2) is 49.0 Å². The maximum atomic E-state index is 5.39. The summed E-state index contributed by atoms with van der Waals surface area (Å²) in [5, 5.41) is 0. The van der Waals surface area contributed by atoms with Gasteiger partial charge in [0.1, 0.15) is 0 Å². The van der Waals surface area contributed by atoms with Gasteiger partial charge in [-0.2, -0.15) is 0 Å². The van der Waals surface area contributed by atoms with Crippen LogP contribution < -0.4 is 0 Å². The quantitative estimate of drug-likeness (QED) is 0.455. The Kier molecular flexibility index (Phi) is 21.2. The molecule has 156 valence electrons. The molecule has 28 heavy (non-hydrogen) atoms. The van der Waals surface area contributed by atoms with Gasteiger partial charge in [-0.05, 0) is 56.9 Å². The second-order valence-electron chi connectivity index (χ2n) is 5.84. The molecule has 0 aromatic heterocycles. The Bertz CT molecular complexity index is 683. The van der Waals surface area contributed by atoms with E-state index in [1.54, 1.807) is 0 Å². The molecule has 2 aromatic rings. The lowest BCUT2D eigenvalue weighted by Crippen LogP contribution is -1.94. The molecule has 0 nitrogen and oxygen atoms in total. The minimum Gasteiger partial charge on any atom is -0.119 e. The summed E-state index contributed by atoms with van der Waals surface area (Å²) in [5.41, 5.74) is 7.54. The van der Waals surface area contributed by atoms with Crippen molar-refractivity contribution in [2.45, 2.75) is 82.1 Å². The number of benzene rings is 2. The van der Waals surface area contributed by atoms with Gasteiger partial charge in [0.15, 0.2) is 0 Å². The Morgan fingerprint density at radius 1 is 0.857 bits per heavy atom. The van der Waals surface area contributed by atoms with Crippen molar-refractivity contribution in [3.63, 3.8) is 0 Å². The van der Waals surface area contributed by atoms with Gasteiger partial charge in [0.25, 0.3) is 0 Å². The van der Waals surface area contributed by atoms with E-state index >= 15 is 0 Å². The first kappa shape index (κ1) is 30.5. The molecule has 0 saturated heterocycles. The fourth-order valence-electron chi connectivity index (χ4n) is 2.24. The van der Waals surface area contributed by atoms with Crippen LogP contribution in [0.4, 0.5) is 0 Å². The van der Waals surface area contributed by atoms with Crippen molar-refractivity contribution in [2.75, 3.05) is 0 Å². The van der Waals surface area contributed by atoms with Crippen LogP contribution in [0.25, 0.3) is 5.57 Å². The van der Waals surface area contributed by atoms with Gasteiger partial charge in [0.05, 0.1) is 0 Å². The molecule has 0 aliphatic rings. The number of hydrogen-bond acceptors (Lipinski definition) is 0. The third kappa shape index (κ3) is 12.2. The SMILES string of the molecule is C#CC(C)c1ccccc1C(=C)C.CC.CC.CC.Cc1ccc(C)c(C)c1. The van der Waals surface area contributed by atoms with E-state index in [0.29, 0.717) is 0 Å². The maximum Gasteiger partial charge on any atom is 0.0427 e. The van der Waals surface area contributed by atoms with E-state index in [4.69, 9.17) is 6.42 Å². The summed E-state index contributed by atoms with van der Waals surface area (Å²) in [6, 6.07) is 14.6. The zero-order valence-electron chi connectivity index (χ0n) is 20.4. The van der Waals surface area contributed by atoms with Crippen LogP contribution >= 0.6 is 0 Å². The Balaban J connectivity index is -0.000000364. The molecule has 0 aliphatic carbocycles. The third-order valence-corrected chi connectivity index (χ3v) is 3.80. The smallest absolute Gasteiger partial charge is 0.0427 e. The molecule has 0 heteroatoms. The second kappa shape index (κ2) is 19.5. The minimum absolute atomic E-state index is 0.160. The summed E-state index contributed by atoms with van der Waals surface area (Å²) < 4.78 is 0. The topological polar surface area (TPSA) is 0 Å². The van der Waals surface area contributed by atoms with Crippen LogP contribution in [0, 0.1) is 33.1 Å². The highest BCUT2D eigenvalue weighted by Crippen LogP contribution is 2.23. The monoisotopic (exact) mass is 380 g/mol. The van der Waals surface area contributed by atoms with Gasteiger partial charge < -0.3 is 0 Å². The number of allylic oxidation sites excluding steroid dienone is 1. The Labute approximate surface area is 177 Å². The van der Waals surface area contributed by atoms with Crippen molar-refractivity contribution < 1.29 is 0 Å². The molecule has 0 fully saturated rings. The fourth-order valence-corrected chi connectivity index (χ4v) is 2.24. The van der Waals surface area contributed by atoms with E-state index in [-0.39, 0.29) is 5.92 Å². The van der Waals surface area contributed by atoms with E-state index in [0.717, 1.165) is 5.57 Å². The van der Waals surface area contributed by atoms with Crippen LogP contribution in [0.2, 0.25) is 0 Å². The van der Waals surface area contributed by atoms with Gasteiger partial charge in [-0.15, -0.1) is 6.42 Å². The number of hydrogen-bond donors (Lipinski definition) is 0. The summed E-state index contributed by atoms with van der Waals surface area (Å²) in [6.07, 6.45) is 5.39. The van der Waals surface area contributed by atoms with Crippen molar-refractivity contribution in [1.82, 2.24) is 0 Å². The van der Waals surface area contributed by atoms with Crippen molar-refractivity contribution >= 4 is 5.57 Å². The van der Waals surface area contributed by atoms with Crippen molar-refractivity contribution in [3.05, 3.63) is 76.9 Å². The van der Waals surface area contributed by atoms with Gasteiger partial charge in [-0.25, -0.2) is 0 Å². The zero-order valence-corrected chi connectivity index (χ0v) is 20.4. The molecule has 1 unspecified atom stereocenters. The van der Waals surface area contributed by atoms with Crippen LogP contribution in [0.5, 0.6) is 0 Å². The average molecular weight is 381 g/mol. The summed E-state index contributed by atoms with van der Waals surface area (Å²) >= 11 is 0. The first-order valence-electron chi connectivity index (χ1n) is 10.6. The van der Waals surface area contributed by atoms with Gasteiger partial charge in [-0.1, -0.05) is 108 Å². The predicted octanol–water partition coefficient (Wildman–Crippen LogP) is 9.15. The van der Waals surface area contributed by atoms with Gasteiger partial charge in [0, 0.05) is 5.92 Å². The molecule has 2 rings (SSSR count). The molecule has 0 saturated carbocycles. The normalized spacial score (nSPS) is 9.21. The molecule has 1 atom stereocenters. The summed E-state index contributed by atoms with van der Waals surface area (Å²) in [7, 11) is 0. The first-order chi connectivity index (χ1) is 13.4. The lowest BCUT2D eigenvalue weighted by atomic mass is 9.93. The molecule has 0 aliphatic heterocycles. The van der Waals surface area contributed by atoms with Crippen molar-refractivity contribution in [1.29, 1.82) is 0 Å². The minimum atomic E-state index is 0.160. The first-order valence-corrected chi connectivity index (χ1v) is 10.6. The molecule has 0 bridgehead atoms. The van der Waals surface area contributed by atoms with Crippen LogP contribution in [-0.4, -0.2) is 0 Å². The van der Waals surface area contributed by atoms with Crippen LogP contribution in [0.3, 0.4) is 0 Å². The van der Waals surface area contributed by atoms with E-state index in [1.807, 2.05) is 67.5 Å². The van der Waals surface area contributed by atoms with E-state index in [2.05, 4.69) is 63.6 Å². The summed E-state index contributed by atoms with van der Waals surface area (Å²) in [5.74, 6) is 2.90. The van der Waals surface area contributed by atoms with Crippen LogP contribution in [-0.2, 0) is 0 Å². The highest BCUT2D eigenvalue weighted by Gasteiger charge is 2.06. The molecular weight excluding hydrogens is 336 g/mol. The Morgan fingerprint density at radius 3 is 1.75 bits per heavy atom. The van der Waals surface area contributed by atoms with Crippen LogP contribution in [0.1, 0.15) is 89.1 Å². The molecule has 0 N–H and O–H groups in total.